The van der Waals surface area contributed by atoms with Gasteiger partial charge < -0.3 is 15.0 Å². The molecule has 2 atom stereocenters. The number of rotatable bonds is 6. The number of carbonyl (C=O) groups is 2. The summed E-state index contributed by atoms with van der Waals surface area (Å²) in [6.45, 7) is 8.94. The standard InChI is InChI=1S/C19H29N3O3/c1-14-12-21(13-15(2)22(14)9-6-10-25-4)19(24)17-7-5-8-18(11-17)20-16(3)23/h5,7-8,11,14-15H,6,9-10,12-13H2,1-4H3,(H,20,23). The van der Waals surface area contributed by atoms with Crippen LogP contribution in [0, 0.1) is 0 Å². The van der Waals surface area contributed by atoms with E-state index in [1.54, 1.807) is 31.4 Å². The minimum Gasteiger partial charge on any atom is -0.385 e. The Bertz CT molecular complexity index is 593. The molecule has 1 aliphatic heterocycles. The van der Waals surface area contributed by atoms with Gasteiger partial charge in [-0.2, -0.15) is 0 Å². The topological polar surface area (TPSA) is 61.9 Å². The van der Waals surface area contributed by atoms with Gasteiger partial charge >= 0.3 is 0 Å². The quantitative estimate of drug-likeness (QED) is 0.802. The maximum atomic E-state index is 12.9. The van der Waals surface area contributed by atoms with Crippen molar-refractivity contribution < 1.29 is 14.3 Å². The number of methoxy groups -OCH3 is 1. The van der Waals surface area contributed by atoms with Gasteiger partial charge in [0.2, 0.25) is 5.91 Å². The second kappa shape index (κ2) is 8.97. The number of piperazine rings is 1. The Balaban J connectivity index is 2.02. The van der Waals surface area contributed by atoms with Crippen molar-refractivity contribution in [1.82, 2.24) is 9.80 Å². The van der Waals surface area contributed by atoms with Gasteiger partial charge in [-0.1, -0.05) is 6.07 Å². The van der Waals surface area contributed by atoms with Crippen molar-refractivity contribution in [2.75, 3.05) is 38.7 Å². The molecule has 0 aliphatic carbocycles. The molecule has 2 unspecified atom stereocenters. The lowest BCUT2D eigenvalue weighted by molar-refractivity contribution is -0.114. The van der Waals surface area contributed by atoms with E-state index < -0.39 is 0 Å². The highest BCUT2D eigenvalue weighted by molar-refractivity contribution is 5.96. The third-order valence-corrected chi connectivity index (χ3v) is 4.58. The summed E-state index contributed by atoms with van der Waals surface area (Å²) in [7, 11) is 1.72. The van der Waals surface area contributed by atoms with Crippen LogP contribution in [0.5, 0.6) is 0 Å². The van der Waals surface area contributed by atoms with Crippen LogP contribution in [-0.2, 0) is 9.53 Å². The maximum absolute atomic E-state index is 12.9. The number of hydrogen-bond acceptors (Lipinski definition) is 4. The molecule has 1 heterocycles. The zero-order chi connectivity index (χ0) is 18.4. The molecule has 0 bridgehead atoms. The van der Waals surface area contributed by atoms with Crippen molar-refractivity contribution in [2.24, 2.45) is 0 Å². The highest BCUT2D eigenvalue weighted by Crippen LogP contribution is 2.20. The van der Waals surface area contributed by atoms with Crippen LogP contribution in [0.1, 0.15) is 37.6 Å². The molecule has 0 aromatic heterocycles. The summed E-state index contributed by atoms with van der Waals surface area (Å²) in [6, 6.07) is 7.74. The van der Waals surface area contributed by atoms with Crippen molar-refractivity contribution in [3.8, 4) is 0 Å². The summed E-state index contributed by atoms with van der Waals surface area (Å²) in [5, 5.41) is 2.73. The van der Waals surface area contributed by atoms with E-state index in [9.17, 15) is 9.59 Å². The molecular weight excluding hydrogens is 318 g/mol. The molecule has 1 N–H and O–H groups in total. The Morgan fingerprint density at radius 2 is 1.92 bits per heavy atom. The summed E-state index contributed by atoms with van der Waals surface area (Å²) >= 11 is 0. The first-order valence-corrected chi connectivity index (χ1v) is 8.84. The first-order chi connectivity index (χ1) is 11.9. The third-order valence-electron chi connectivity index (χ3n) is 4.58. The Labute approximate surface area is 150 Å². The number of amides is 2. The molecule has 0 radical (unpaired) electrons. The van der Waals surface area contributed by atoms with Gasteiger partial charge in [0.25, 0.3) is 5.91 Å². The van der Waals surface area contributed by atoms with Gasteiger partial charge in [0.05, 0.1) is 0 Å². The molecule has 1 aromatic carbocycles. The minimum absolute atomic E-state index is 0.0162. The first kappa shape index (κ1) is 19.4. The van der Waals surface area contributed by atoms with Crippen LogP contribution in [0.2, 0.25) is 0 Å². The third kappa shape index (κ3) is 5.28. The highest BCUT2D eigenvalue weighted by atomic mass is 16.5. The Kier molecular flexibility index (Phi) is 6.96. The first-order valence-electron chi connectivity index (χ1n) is 8.84. The summed E-state index contributed by atoms with van der Waals surface area (Å²) in [5.41, 5.74) is 1.26. The van der Waals surface area contributed by atoms with Gasteiger partial charge in [-0.3, -0.25) is 14.5 Å². The Hall–Kier alpha value is -1.92. The monoisotopic (exact) mass is 347 g/mol. The van der Waals surface area contributed by atoms with Gasteiger partial charge in [0.1, 0.15) is 0 Å². The number of nitrogens with zero attached hydrogens (tertiary/aromatic N) is 2. The second-order valence-corrected chi connectivity index (χ2v) is 6.75. The summed E-state index contributed by atoms with van der Waals surface area (Å²) in [6.07, 6.45) is 0.998. The van der Waals surface area contributed by atoms with E-state index in [1.807, 2.05) is 4.90 Å². The molecular formula is C19H29N3O3. The van der Waals surface area contributed by atoms with Gasteiger partial charge in [-0.05, 0) is 38.5 Å². The van der Waals surface area contributed by atoms with Crippen molar-refractivity contribution in [2.45, 2.75) is 39.3 Å². The molecule has 138 valence electrons. The van der Waals surface area contributed by atoms with Crippen LogP contribution in [0.25, 0.3) is 0 Å². The SMILES string of the molecule is COCCCN1C(C)CN(C(=O)c2cccc(NC(C)=O)c2)CC1C. The number of anilines is 1. The fourth-order valence-corrected chi connectivity index (χ4v) is 3.47. The smallest absolute Gasteiger partial charge is 0.254 e. The van der Waals surface area contributed by atoms with Crippen molar-refractivity contribution >= 4 is 17.5 Å². The van der Waals surface area contributed by atoms with E-state index in [0.29, 0.717) is 36.4 Å². The van der Waals surface area contributed by atoms with E-state index in [1.165, 1.54) is 6.92 Å². The molecule has 0 spiro atoms. The molecule has 2 rings (SSSR count). The number of nitrogens with one attached hydrogen (secondary N) is 1. The van der Waals surface area contributed by atoms with Gasteiger partial charge in [-0.15, -0.1) is 0 Å². The average molecular weight is 347 g/mol. The zero-order valence-electron chi connectivity index (χ0n) is 15.6. The number of benzene rings is 1. The second-order valence-electron chi connectivity index (χ2n) is 6.75. The van der Waals surface area contributed by atoms with Crippen molar-refractivity contribution in [3.05, 3.63) is 29.8 Å². The molecule has 6 heteroatoms. The van der Waals surface area contributed by atoms with Gasteiger partial charge in [0.15, 0.2) is 0 Å². The lowest BCUT2D eigenvalue weighted by Gasteiger charge is -2.44. The fraction of sp³-hybridized carbons (Fsp3) is 0.579. The summed E-state index contributed by atoms with van der Waals surface area (Å²) in [5.74, 6) is -0.126. The van der Waals surface area contributed by atoms with Crippen LogP contribution in [0.4, 0.5) is 5.69 Å². The fourth-order valence-electron chi connectivity index (χ4n) is 3.47. The molecule has 6 nitrogen and oxygen atoms in total. The highest BCUT2D eigenvalue weighted by Gasteiger charge is 2.31. The van der Waals surface area contributed by atoms with Crippen LogP contribution in [0.15, 0.2) is 24.3 Å². The maximum Gasteiger partial charge on any atom is 0.254 e. The van der Waals surface area contributed by atoms with E-state index in [0.717, 1.165) is 19.6 Å². The van der Waals surface area contributed by atoms with Crippen LogP contribution in [0.3, 0.4) is 0 Å². The average Bonchev–Trinajstić information content (AvgIpc) is 2.56. The predicted molar refractivity (Wildman–Crippen MR) is 98.8 cm³/mol. The van der Waals surface area contributed by atoms with E-state index in [2.05, 4.69) is 24.1 Å². The van der Waals surface area contributed by atoms with Crippen LogP contribution < -0.4 is 5.32 Å². The van der Waals surface area contributed by atoms with Crippen LogP contribution in [-0.4, -0.2) is 67.0 Å². The molecule has 1 aromatic rings. The zero-order valence-corrected chi connectivity index (χ0v) is 15.6. The lowest BCUT2D eigenvalue weighted by atomic mass is 10.1. The van der Waals surface area contributed by atoms with Crippen molar-refractivity contribution in [3.63, 3.8) is 0 Å². The van der Waals surface area contributed by atoms with Crippen LogP contribution >= 0.6 is 0 Å². The van der Waals surface area contributed by atoms with E-state index in [4.69, 9.17) is 4.74 Å². The summed E-state index contributed by atoms with van der Waals surface area (Å²) in [4.78, 5) is 28.4. The van der Waals surface area contributed by atoms with Gasteiger partial charge in [-0.25, -0.2) is 0 Å². The summed E-state index contributed by atoms with van der Waals surface area (Å²) < 4.78 is 5.14. The van der Waals surface area contributed by atoms with E-state index >= 15 is 0 Å². The lowest BCUT2D eigenvalue weighted by Crippen LogP contribution is -2.58. The number of hydrogen-bond donors (Lipinski definition) is 1. The molecule has 25 heavy (non-hydrogen) atoms. The number of ether oxygens (including phenoxy) is 1. The minimum atomic E-state index is -0.142. The predicted octanol–water partition coefficient (Wildman–Crippen LogP) is 2.22. The Morgan fingerprint density at radius 1 is 1.24 bits per heavy atom. The molecule has 2 amide bonds. The molecule has 1 fully saturated rings. The molecule has 0 saturated carbocycles. The normalized spacial score (nSPS) is 21.2. The van der Waals surface area contributed by atoms with Crippen molar-refractivity contribution in [1.29, 1.82) is 0 Å². The van der Waals surface area contributed by atoms with E-state index in [-0.39, 0.29) is 11.8 Å². The largest absolute Gasteiger partial charge is 0.385 e. The van der Waals surface area contributed by atoms with Gasteiger partial charge in [0, 0.05) is 63.6 Å². The Morgan fingerprint density at radius 3 is 2.52 bits per heavy atom. The number of carbonyl (C=O) groups excluding carboxylic acids is 2. The molecule has 1 aliphatic rings. The molecule has 1 saturated heterocycles.